The highest BCUT2D eigenvalue weighted by atomic mass is 16.5. The van der Waals surface area contributed by atoms with Crippen LogP contribution in [0.1, 0.15) is 19.8 Å². The molecule has 6 nitrogen and oxygen atoms in total. The van der Waals surface area contributed by atoms with E-state index in [0.717, 1.165) is 71.1 Å². The maximum Gasteiger partial charge on any atom is 0.171 e. The molecule has 6 heteroatoms. The van der Waals surface area contributed by atoms with E-state index >= 15 is 0 Å². The molecule has 0 saturated carbocycles. The smallest absolute Gasteiger partial charge is 0.171 e. The number of ether oxygens (including phenoxy) is 1. The first-order valence-corrected chi connectivity index (χ1v) is 7.89. The Morgan fingerprint density at radius 3 is 2.86 bits per heavy atom. The molecule has 1 saturated heterocycles. The number of allylic oxidation sites excluding steroid dienone is 1. The van der Waals surface area contributed by atoms with Gasteiger partial charge in [0.25, 0.3) is 0 Å². The van der Waals surface area contributed by atoms with E-state index in [1.807, 2.05) is 17.0 Å². The summed E-state index contributed by atoms with van der Waals surface area (Å²) < 4.78 is 7.29. The van der Waals surface area contributed by atoms with Crippen molar-refractivity contribution in [3.05, 3.63) is 18.9 Å². The van der Waals surface area contributed by atoms with Crippen LogP contribution in [0.3, 0.4) is 0 Å². The van der Waals surface area contributed by atoms with Crippen LogP contribution < -0.4 is 4.90 Å². The van der Waals surface area contributed by atoms with Gasteiger partial charge in [-0.1, -0.05) is 18.2 Å². The fourth-order valence-corrected chi connectivity index (χ4v) is 2.46. The number of hydrogen-bond donors (Lipinski definition) is 0. The van der Waals surface area contributed by atoms with Crippen molar-refractivity contribution < 1.29 is 4.74 Å². The van der Waals surface area contributed by atoms with Crippen LogP contribution in [0.2, 0.25) is 0 Å². The number of aromatic nitrogens is 3. The third-order valence-electron chi connectivity index (χ3n) is 3.70. The van der Waals surface area contributed by atoms with Crippen LogP contribution in [0.5, 0.6) is 0 Å². The first-order valence-electron chi connectivity index (χ1n) is 7.89. The maximum atomic E-state index is 5.39. The number of nitrogens with zero attached hydrogens (tertiary/aromatic N) is 5. The molecule has 0 aromatic carbocycles. The molecule has 21 heavy (non-hydrogen) atoms. The van der Waals surface area contributed by atoms with E-state index in [-0.39, 0.29) is 0 Å². The monoisotopic (exact) mass is 293 g/mol. The molecule has 2 rings (SSSR count). The quantitative estimate of drug-likeness (QED) is 0.644. The van der Waals surface area contributed by atoms with Gasteiger partial charge in [-0.15, -0.1) is 11.7 Å². The van der Waals surface area contributed by atoms with Crippen LogP contribution in [0.4, 0.5) is 5.82 Å². The van der Waals surface area contributed by atoms with Crippen molar-refractivity contribution in [3.8, 4) is 0 Å². The van der Waals surface area contributed by atoms with Crippen molar-refractivity contribution in [2.75, 3.05) is 50.8 Å². The zero-order chi connectivity index (χ0) is 14.9. The first-order chi connectivity index (χ1) is 10.3. The third-order valence-corrected chi connectivity index (χ3v) is 3.70. The van der Waals surface area contributed by atoms with E-state index in [4.69, 9.17) is 4.74 Å². The van der Waals surface area contributed by atoms with Crippen LogP contribution in [0.25, 0.3) is 0 Å². The number of rotatable bonds is 9. The van der Waals surface area contributed by atoms with Crippen LogP contribution in [-0.4, -0.2) is 65.8 Å². The number of morpholine rings is 1. The van der Waals surface area contributed by atoms with Crippen LogP contribution in [-0.2, 0) is 11.3 Å². The Kier molecular flexibility index (Phi) is 6.69. The number of aryl methyl sites for hydroxylation is 1. The van der Waals surface area contributed by atoms with E-state index in [9.17, 15) is 0 Å². The minimum atomic E-state index is 0.847. The minimum Gasteiger partial charge on any atom is -0.379 e. The Labute approximate surface area is 127 Å². The molecule has 0 bridgehead atoms. The summed E-state index contributed by atoms with van der Waals surface area (Å²) in [5.74, 6) is 0.981. The lowest BCUT2D eigenvalue weighted by Crippen LogP contribution is -2.41. The molecule has 0 atom stereocenters. The second kappa shape index (κ2) is 8.79. The van der Waals surface area contributed by atoms with Gasteiger partial charge in [0.15, 0.2) is 5.82 Å². The van der Waals surface area contributed by atoms with E-state index < -0.39 is 0 Å². The van der Waals surface area contributed by atoms with Gasteiger partial charge in [0.2, 0.25) is 0 Å². The van der Waals surface area contributed by atoms with E-state index in [1.165, 1.54) is 0 Å². The molecule has 0 N–H and O–H groups in total. The van der Waals surface area contributed by atoms with E-state index in [0.29, 0.717) is 0 Å². The highest BCUT2D eigenvalue weighted by molar-refractivity contribution is 5.34. The lowest BCUT2D eigenvalue weighted by molar-refractivity contribution is 0.0391. The average molecular weight is 293 g/mol. The van der Waals surface area contributed by atoms with Gasteiger partial charge in [-0.3, -0.25) is 9.58 Å². The van der Waals surface area contributed by atoms with Gasteiger partial charge in [0.1, 0.15) is 0 Å². The maximum absolute atomic E-state index is 5.39. The van der Waals surface area contributed by atoms with Crippen LogP contribution in [0, 0.1) is 0 Å². The normalized spacial score (nSPS) is 16.0. The summed E-state index contributed by atoms with van der Waals surface area (Å²) in [6.07, 6.45) is 5.98. The van der Waals surface area contributed by atoms with Crippen molar-refractivity contribution in [1.82, 2.24) is 19.9 Å². The van der Waals surface area contributed by atoms with Gasteiger partial charge in [0, 0.05) is 39.3 Å². The summed E-state index contributed by atoms with van der Waals surface area (Å²) in [4.78, 5) is 4.78. The van der Waals surface area contributed by atoms with Gasteiger partial charge in [-0.2, -0.15) is 0 Å². The summed E-state index contributed by atoms with van der Waals surface area (Å²) in [6, 6.07) is 0. The Morgan fingerprint density at radius 1 is 1.33 bits per heavy atom. The third kappa shape index (κ3) is 5.13. The topological polar surface area (TPSA) is 46.4 Å². The molecule has 1 aromatic heterocycles. The zero-order valence-corrected chi connectivity index (χ0v) is 13.1. The largest absolute Gasteiger partial charge is 0.379 e. The van der Waals surface area contributed by atoms with E-state index in [1.54, 1.807) is 0 Å². The molecule has 2 heterocycles. The average Bonchev–Trinajstić information content (AvgIpc) is 2.99. The molecule has 1 aromatic rings. The van der Waals surface area contributed by atoms with Gasteiger partial charge in [-0.25, -0.2) is 0 Å². The molecule has 0 aliphatic carbocycles. The Bertz CT molecular complexity index is 414. The first kappa shape index (κ1) is 16.0. The van der Waals surface area contributed by atoms with Crippen molar-refractivity contribution in [3.63, 3.8) is 0 Å². The molecular formula is C15H27N5O. The molecule has 0 amide bonds. The molecule has 1 fully saturated rings. The molecule has 118 valence electrons. The highest BCUT2D eigenvalue weighted by Crippen LogP contribution is 2.10. The molecular weight excluding hydrogens is 266 g/mol. The fourth-order valence-electron chi connectivity index (χ4n) is 2.46. The highest BCUT2D eigenvalue weighted by Gasteiger charge is 2.14. The lowest BCUT2D eigenvalue weighted by Gasteiger charge is -2.29. The Balaban J connectivity index is 1.87. The van der Waals surface area contributed by atoms with Crippen LogP contribution in [0.15, 0.2) is 18.9 Å². The summed E-state index contributed by atoms with van der Waals surface area (Å²) in [5, 5.41) is 8.51. The predicted molar refractivity (Wildman–Crippen MR) is 84.6 cm³/mol. The number of hydrogen-bond acceptors (Lipinski definition) is 5. The second-order valence-electron chi connectivity index (χ2n) is 5.36. The molecule has 1 aliphatic rings. The molecule has 0 radical (unpaired) electrons. The van der Waals surface area contributed by atoms with Crippen LogP contribution >= 0.6 is 0 Å². The fraction of sp³-hybridized carbons (Fsp3) is 0.733. The van der Waals surface area contributed by atoms with Crippen molar-refractivity contribution >= 4 is 5.82 Å². The van der Waals surface area contributed by atoms with E-state index in [2.05, 4.69) is 33.6 Å². The molecule has 1 aliphatic heterocycles. The summed E-state index contributed by atoms with van der Waals surface area (Å²) in [7, 11) is 0. The minimum absolute atomic E-state index is 0.847. The van der Waals surface area contributed by atoms with Gasteiger partial charge < -0.3 is 9.64 Å². The standard InChI is InChI=1S/C15H27N5O/c1-3-5-7-20-14-15(16-17-20)19(6-4-2)9-8-18-10-12-21-13-11-18/h3,14H,1,4-13H2,2H3. The summed E-state index contributed by atoms with van der Waals surface area (Å²) in [6.45, 7) is 13.6. The van der Waals surface area contributed by atoms with Crippen molar-refractivity contribution in [2.45, 2.75) is 26.3 Å². The van der Waals surface area contributed by atoms with Gasteiger partial charge >= 0.3 is 0 Å². The predicted octanol–water partition coefficient (Wildman–Crippen LogP) is 1.40. The zero-order valence-electron chi connectivity index (χ0n) is 13.1. The second-order valence-corrected chi connectivity index (χ2v) is 5.36. The van der Waals surface area contributed by atoms with Gasteiger partial charge in [-0.05, 0) is 12.8 Å². The molecule has 0 spiro atoms. The van der Waals surface area contributed by atoms with Crippen molar-refractivity contribution in [2.24, 2.45) is 0 Å². The Hall–Kier alpha value is -1.40. The molecule has 0 unspecified atom stereocenters. The summed E-state index contributed by atoms with van der Waals surface area (Å²) >= 11 is 0. The number of anilines is 1. The summed E-state index contributed by atoms with van der Waals surface area (Å²) in [5.41, 5.74) is 0. The lowest BCUT2D eigenvalue weighted by atomic mass is 10.3. The Morgan fingerprint density at radius 2 is 2.14 bits per heavy atom. The van der Waals surface area contributed by atoms with Gasteiger partial charge in [0.05, 0.1) is 19.4 Å². The van der Waals surface area contributed by atoms with Crippen molar-refractivity contribution in [1.29, 1.82) is 0 Å². The SMILES string of the molecule is C=CCCn1cc(N(CCC)CCN2CCOCC2)nn1.